The first kappa shape index (κ1) is 13.1. The highest BCUT2D eigenvalue weighted by Gasteiger charge is 2.13. The summed E-state index contributed by atoms with van der Waals surface area (Å²) >= 11 is 6.07. The molecule has 88 valence electrons. The Morgan fingerprint density at radius 1 is 1.31 bits per heavy atom. The van der Waals surface area contributed by atoms with Gasteiger partial charge in [-0.2, -0.15) is 0 Å². The van der Waals surface area contributed by atoms with E-state index in [1.807, 2.05) is 45.0 Å². The molecule has 0 fully saturated rings. The number of allylic oxidation sites excluding steroid dienone is 1. The molecular formula is C14H19ClO. The normalized spacial score (nSPS) is 13.3. The Bertz CT molecular complexity index is 377. The molecule has 0 amide bonds. The van der Waals surface area contributed by atoms with Gasteiger partial charge in [0.05, 0.1) is 0 Å². The zero-order valence-corrected chi connectivity index (χ0v) is 11.1. The van der Waals surface area contributed by atoms with Crippen molar-refractivity contribution in [2.45, 2.75) is 39.2 Å². The maximum atomic E-state index is 6.07. The monoisotopic (exact) mass is 238 g/mol. The first-order valence-corrected chi connectivity index (χ1v) is 5.81. The summed E-state index contributed by atoms with van der Waals surface area (Å²) in [5, 5.41) is 0.699. The van der Waals surface area contributed by atoms with Gasteiger partial charge in [-0.05, 0) is 50.5 Å². The molecule has 0 bridgehead atoms. The maximum absolute atomic E-state index is 6.07. The summed E-state index contributed by atoms with van der Waals surface area (Å²) in [6.45, 7) is 11.9. The molecule has 0 radical (unpaired) electrons. The van der Waals surface area contributed by atoms with E-state index in [0.29, 0.717) is 5.02 Å². The highest BCUT2D eigenvalue weighted by molar-refractivity contribution is 6.30. The first-order valence-electron chi connectivity index (χ1n) is 5.44. The predicted molar refractivity (Wildman–Crippen MR) is 70.4 cm³/mol. The third-order valence-electron chi connectivity index (χ3n) is 2.20. The summed E-state index contributed by atoms with van der Waals surface area (Å²) < 4.78 is 5.80. The van der Waals surface area contributed by atoms with Crippen LogP contribution in [0.25, 0.3) is 0 Å². The van der Waals surface area contributed by atoms with E-state index in [9.17, 15) is 0 Å². The van der Waals surface area contributed by atoms with Crippen molar-refractivity contribution in [3.63, 3.8) is 0 Å². The van der Waals surface area contributed by atoms with Gasteiger partial charge in [0.2, 0.25) is 0 Å². The standard InChI is InChI=1S/C14H19ClO/c1-6-10(2)11-7-12(15)9-13(8-11)16-14(3,4)5/h6-10H,1H2,2-5H3. The van der Waals surface area contributed by atoms with Crippen LogP contribution in [0, 0.1) is 0 Å². The van der Waals surface area contributed by atoms with Gasteiger partial charge in [0.25, 0.3) is 0 Å². The lowest BCUT2D eigenvalue weighted by Gasteiger charge is -2.22. The Morgan fingerprint density at radius 2 is 1.94 bits per heavy atom. The zero-order chi connectivity index (χ0) is 12.3. The molecule has 0 N–H and O–H groups in total. The van der Waals surface area contributed by atoms with Crippen LogP contribution >= 0.6 is 11.6 Å². The number of hydrogen-bond donors (Lipinski definition) is 0. The quantitative estimate of drug-likeness (QED) is 0.687. The molecule has 1 unspecified atom stereocenters. The second-order valence-corrected chi connectivity index (χ2v) is 5.40. The molecule has 0 heterocycles. The van der Waals surface area contributed by atoms with Crippen LogP contribution in [-0.4, -0.2) is 5.60 Å². The molecule has 1 aromatic rings. The van der Waals surface area contributed by atoms with E-state index < -0.39 is 0 Å². The van der Waals surface area contributed by atoms with Crippen molar-refractivity contribution in [2.75, 3.05) is 0 Å². The smallest absolute Gasteiger partial charge is 0.121 e. The minimum absolute atomic E-state index is 0.209. The Balaban J connectivity index is 3.03. The fourth-order valence-corrected chi connectivity index (χ4v) is 1.63. The van der Waals surface area contributed by atoms with Crippen molar-refractivity contribution in [3.05, 3.63) is 41.4 Å². The summed E-state index contributed by atoms with van der Waals surface area (Å²) in [6.07, 6.45) is 1.90. The van der Waals surface area contributed by atoms with Gasteiger partial charge in [0, 0.05) is 5.02 Å². The van der Waals surface area contributed by atoms with Gasteiger partial charge in [-0.3, -0.25) is 0 Å². The molecule has 0 saturated heterocycles. The summed E-state index contributed by atoms with van der Waals surface area (Å²) in [7, 11) is 0. The van der Waals surface area contributed by atoms with E-state index in [4.69, 9.17) is 16.3 Å². The molecule has 0 saturated carbocycles. The highest BCUT2D eigenvalue weighted by Crippen LogP contribution is 2.28. The average Bonchev–Trinajstić information content (AvgIpc) is 2.12. The SMILES string of the molecule is C=CC(C)c1cc(Cl)cc(OC(C)(C)C)c1. The summed E-state index contributed by atoms with van der Waals surface area (Å²) in [5.41, 5.74) is 0.918. The van der Waals surface area contributed by atoms with Crippen LogP contribution in [0.4, 0.5) is 0 Å². The highest BCUT2D eigenvalue weighted by atomic mass is 35.5. The van der Waals surface area contributed by atoms with Crippen LogP contribution in [0.5, 0.6) is 5.75 Å². The number of benzene rings is 1. The van der Waals surface area contributed by atoms with Crippen molar-refractivity contribution >= 4 is 11.6 Å². The van der Waals surface area contributed by atoms with E-state index >= 15 is 0 Å². The fraction of sp³-hybridized carbons (Fsp3) is 0.429. The van der Waals surface area contributed by atoms with Crippen LogP contribution in [0.3, 0.4) is 0 Å². The Kier molecular flexibility index (Phi) is 4.03. The third kappa shape index (κ3) is 3.90. The molecule has 0 aliphatic carbocycles. The number of ether oxygens (including phenoxy) is 1. The van der Waals surface area contributed by atoms with Crippen LogP contribution in [0.1, 0.15) is 39.2 Å². The summed E-state index contributed by atoms with van der Waals surface area (Å²) in [5.74, 6) is 1.09. The van der Waals surface area contributed by atoms with Gasteiger partial charge >= 0.3 is 0 Å². The molecule has 2 heteroatoms. The van der Waals surface area contributed by atoms with Gasteiger partial charge < -0.3 is 4.74 Å². The third-order valence-corrected chi connectivity index (χ3v) is 2.42. The lowest BCUT2D eigenvalue weighted by Crippen LogP contribution is -2.23. The van der Waals surface area contributed by atoms with Gasteiger partial charge in [-0.1, -0.05) is 24.6 Å². The van der Waals surface area contributed by atoms with Crippen molar-refractivity contribution in [2.24, 2.45) is 0 Å². The minimum Gasteiger partial charge on any atom is -0.488 e. The molecule has 0 aliphatic rings. The molecular weight excluding hydrogens is 220 g/mol. The number of rotatable bonds is 3. The maximum Gasteiger partial charge on any atom is 0.121 e. The van der Waals surface area contributed by atoms with Crippen LogP contribution in [0.2, 0.25) is 5.02 Å². The lowest BCUT2D eigenvalue weighted by atomic mass is 10.0. The Hall–Kier alpha value is -0.950. The summed E-state index contributed by atoms with van der Waals surface area (Å²) in [4.78, 5) is 0. The molecule has 1 rings (SSSR count). The summed E-state index contributed by atoms with van der Waals surface area (Å²) in [6, 6.07) is 5.80. The molecule has 1 aromatic carbocycles. The fourth-order valence-electron chi connectivity index (χ4n) is 1.40. The van der Waals surface area contributed by atoms with E-state index in [1.54, 1.807) is 0 Å². The van der Waals surface area contributed by atoms with E-state index in [-0.39, 0.29) is 11.5 Å². The second kappa shape index (κ2) is 4.92. The topological polar surface area (TPSA) is 9.23 Å². The van der Waals surface area contributed by atoms with Crippen molar-refractivity contribution < 1.29 is 4.74 Å². The molecule has 16 heavy (non-hydrogen) atoms. The van der Waals surface area contributed by atoms with E-state index in [2.05, 4.69) is 13.5 Å². The van der Waals surface area contributed by atoms with Gasteiger partial charge in [-0.15, -0.1) is 6.58 Å². The Labute approximate surface area is 103 Å². The van der Waals surface area contributed by atoms with Gasteiger partial charge in [0.1, 0.15) is 11.4 Å². The van der Waals surface area contributed by atoms with E-state index in [0.717, 1.165) is 11.3 Å². The van der Waals surface area contributed by atoms with E-state index in [1.165, 1.54) is 0 Å². The van der Waals surface area contributed by atoms with Crippen LogP contribution < -0.4 is 4.74 Å². The van der Waals surface area contributed by atoms with Gasteiger partial charge in [-0.25, -0.2) is 0 Å². The molecule has 1 nitrogen and oxygen atoms in total. The van der Waals surface area contributed by atoms with Crippen LogP contribution in [0.15, 0.2) is 30.9 Å². The largest absolute Gasteiger partial charge is 0.488 e. The first-order chi connectivity index (χ1) is 7.31. The number of hydrogen-bond acceptors (Lipinski definition) is 1. The van der Waals surface area contributed by atoms with Crippen LogP contribution in [-0.2, 0) is 0 Å². The Morgan fingerprint density at radius 3 is 2.44 bits per heavy atom. The zero-order valence-electron chi connectivity index (χ0n) is 10.4. The molecule has 0 aromatic heterocycles. The minimum atomic E-state index is -0.209. The van der Waals surface area contributed by atoms with Crippen molar-refractivity contribution in [1.82, 2.24) is 0 Å². The molecule has 0 aliphatic heterocycles. The van der Waals surface area contributed by atoms with Crippen molar-refractivity contribution in [3.8, 4) is 5.75 Å². The molecule has 0 spiro atoms. The second-order valence-electron chi connectivity index (χ2n) is 4.96. The van der Waals surface area contributed by atoms with Gasteiger partial charge in [0.15, 0.2) is 0 Å². The van der Waals surface area contributed by atoms with Crippen molar-refractivity contribution in [1.29, 1.82) is 0 Å². The predicted octanol–water partition coefficient (Wildman–Crippen LogP) is 4.81. The average molecular weight is 239 g/mol. The lowest BCUT2D eigenvalue weighted by molar-refractivity contribution is 0.131. The number of halogens is 1. The molecule has 1 atom stereocenters.